The highest BCUT2D eigenvalue weighted by molar-refractivity contribution is 5.77. The molecule has 0 bridgehead atoms. The second-order valence-electron chi connectivity index (χ2n) is 4.22. The van der Waals surface area contributed by atoms with Gasteiger partial charge in [0, 0.05) is 12.1 Å². The fourth-order valence-corrected chi connectivity index (χ4v) is 1.99. The lowest BCUT2D eigenvalue weighted by Crippen LogP contribution is -2.33. The lowest BCUT2D eigenvalue weighted by Gasteiger charge is -2.14. The van der Waals surface area contributed by atoms with Crippen LogP contribution in [0.25, 0.3) is 0 Å². The molecule has 0 aromatic heterocycles. The first-order valence-electron chi connectivity index (χ1n) is 6.25. The first-order chi connectivity index (χ1) is 9.13. The summed E-state index contributed by atoms with van der Waals surface area (Å²) >= 11 is 0. The molecule has 0 aliphatic rings. The number of ether oxygens (including phenoxy) is 2. The molecule has 1 rings (SSSR count). The topological polar surface area (TPSA) is 59.6 Å². The second-order valence-corrected chi connectivity index (χ2v) is 4.22. The van der Waals surface area contributed by atoms with Crippen LogP contribution in [0.1, 0.15) is 11.1 Å². The number of hydrogen-bond donors (Lipinski definition) is 2. The van der Waals surface area contributed by atoms with Crippen molar-refractivity contribution in [3.8, 4) is 11.5 Å². The standard InChI is InChI=1S/C14H22N2O3/c1-10-12(18-3)6-5-11(14(10)19-4)7-8-16-13(17)9-15-2/h5-6,15H,7-9H2,1-4H3,(H,16,17). The Morgan fingerprint density at radius 1 is 1.26 bits per heavy atom. The maximum absolute atomic E-state index is 11.3. The molecule has 1 aromatic rings. The lowest BCUT2D eigenvalue weighted by molar-refractivity contribution is -0.120. The summed E-state index contributed by atoms with van der Waals surface area (Å²) in [7, 11) is 5.03. The Hall–Kier alpha value is -1.75. The molecule has 0 aliphatic heterocycles. The minimum atomic E-state index is -0.00768. The van der Waals surface area contributed by atoms with Crippen LogP contribution in [0.4, 0.5) is 0 Å². The van der Waals surface area contributed by atoms with Gasteiger partial charge < -0.3 is 20.1 Å². The number of hydrogen-bond acceptors (Lipinski definition) is 4. The molecule has 0 saturated heterocycles. The van der Waals surface area contributed by atoms with Gasteiger partial charge >= 0.3 is 0 Å². The van der Waals surface area contributed by atoms with Crippen molar-refractivity contribution in [3.63, 3.8) is 0 Å². The van der Waals surface area contributed by atoms with E-state index in [4.69, 9.17) is 9.47 Å². The van der Waals surface area contributed by atoms with Crippen molar-refractivity contribution in [1.29, 1.82) is 0 Å². The minimum Gasteiger partial charge on any atom is -0.496 e. The summed E-state index contributed by atoms with van der Waals surface area (Å²) in [6.45, 7) is 2.88. The van der Waals surface area contributed by atoms with Gasteiger partial charge in [0.15, 0.2) is 0 Å². The number of nitrogens with one attached hydrogen (secondary N) is 2. The third-order valence-electron chi connectivity index (χ3n) is 2.92. The molecule has 2 N–H and O–H groups in total. The Balaban J connectivity index is 2.68. The molecule has 0 saturated carbocycles. The SMILES string of the molecule is CNCC(=O)NCCc1ccc(OC)c(C)c1OC. The van der Waals surface area contributed by atoms with E-state index in [0.717, 1.165) is 29.0 Å². The van der Waals surface area contributed by atoms with Crippen LogP contribution in [-0.4, -0.2) is 40.3 Å². The Morgan fingerprint density at radius 3 is 2.58 bits per heavy atom. The van der Waals surface area contributed by atoms with Gasteiger partial charge in [0.1, 0.15) is 11.5 Å². The van der Waals surface area contributed by atoms with Gasteiger partial charge in [-0.25, -0.2) is 0 Å². The molecular weight excluding hydrogens is 244 g/mol. The smallest absolute Gasteiger partial charge is 0.233 e. The number of carbonyl (C=O) groups excluding carboxylic acids is 1. The largest absolute Gasteiger partial charge is 0.496 e. The van der Waals surface area contributed by atoms with Crippen LogP contribution in [-0.2, 0) is 11.2 Å². The molecule has 106 valence electrons. The number of likely N-dealkylation sites (N-methyl/N-ethyl adjacent to an activating group) is 1. The van der Waals surface area contributed by atoms with Crippen LogP contribution < -0.4 is 20.1 Å². The Labute approximate surface area is 114 Å². The summed E-state index contributed by atoms with van der Waals surface area (Å²) in [4.78, 5) is 11.3. The molecule has 1 amide bonds. The molecule has 5 heteroatoms. The molecule has 1 aromatic carbocycles. The van der Waals surface area contributed by atoms with E-state index in [2.05, 4.69) is 10.6 Å². The maximum Gasteiger partial charge on any atom is 0.233 e. The molecule has 19 heavy (non-hydrogen) atoms. The molecule has 0 atom stereocenters. The number of rotatable bonds is 7. The fraction of sp³-hybridized carbons (Fsp3) is 0.500. The van der Waals surface area contributed by atoms with Crippen LogP contribution in [0.15, 0.2) is 12.1 Å². The van der Waals surface area contributed by atoms with Crippen LogP contribution in [0.2, 0.25) is 0 Å². The van der Waals surface area contributed by atoms with Gasteiger partial charge in [-0.1, -0.05) is 6.07 Å². The van der Waals surface area contributed by atoms with E-state index in [-0.39, 0.29) is 5.91 Å². The normalized spacial score (nSPS) is 10.1. The van der Waals surface area contributed by atoms with E-state index in [1.165, 1.54) is 0 Å². The number of carbonyl (C=O) groups is 1. The molecule has 5 nitrogen and oxygen atoms in total. The quantitative estimate of drug-likeness (QED) is 0.769. The first-order valence-corrected chi connectivity index (χ1v) is 6.25. The van der Waals surface area contributed by atoms with Crippen molar-refractivity contribution in [1.82, 2.24) is 10.6 Å². The van der Waals surface area contributed by atoms with Gasteiger partial charge in [-0.15, -0.1) is 0 Å². The zero-order valence-corrected chi connectivity index (χ0v) is 12.0. The molecule has 0 aliphatic carbocycles. The van der Waals surface area contributed by atoms with E-state index in [9.17, 15) is 4.79 Å². The minimum absolute atomic E-state index is 0.00768. The predicted octanol–water partition coefficient (Wildman–Crippen LogP) is 0.890. The van der Waals surface area contributed by atoms with Crippen molar-refractivity contribution >= 4 is 5.91 Å². The zero-order valence-electron chi connectivity index (χ0n) is 12.0. The van der Waals surface area contributed by atoms with Crippen molar-refractivity contribution in [2.24, 2.45) is 0 Å². The molecule has 0 unspecified atom stereocenters. The van der Waals surface area contributed by atoms with Crippen LogP contribution in [0, 0.1) is 6.92 Å². The Morgan fingerprint density at radius 2 is 2.00 bits per heavy atom. The lowest BCUT2D eigenvalue weighted by atomic mass is 10.1. The molecule has 0 radical (unpaired) electrons. The Kier molecular flexibility index (Phi) is 6.15. The van der Waals surface area contributed by atoms with Crippen molar-refractivity contribution in [3.05, 3.63) is 23.3 Å². The van der Waals surface area contributed by atoms with Gasteiger partial charge in [0.05, 0.1) is 20.8 Å². The van der Waals surface area contributed by atoms with Crippen LogP contribution in [0.3, 0.4) is 0 Å². The van der Waals surface area contributed by atoms with Crippen LogP contribution >= 0.6 is 0 Å². The van der Waals surface area contributed by atoms with Crippen molar-refractivity contribution < 1.29 is 14.3 Å². The zero-order chi connectivity index (χ0) is 14.3. The van der Waals surface area contributed by atoms with E-state index in [0.29, 0.717) is 13.1 Å². The molecule has 0 spiro atoms. The highest BCUT2D eigenvalue weighted by Crippen LogP contribution is 2.31. The first kappa shape index (κ1) is 15.3. The van der Waals surface area contributed by atoms with E-state index >= 15 is 0 Å². The Bertz CT molecular complexity index is 433. The summed E-state index contributed by atoms with van der Waals surface area (Å²) in [5, 5.41) is 5.65. The van der Waals surface area contributed by atoms with E-state index in [1.807, 2.05) is 19.1 Å². The van der Waals surface area contributed by atoms with Crippen LogP contribution in [0.5, 0.6) is 11.5 Å². The average molecular weight is 266 g/mol. The third-order valence-corrected chi connectivity index (χ3v) is 2.92. The highest BCUT2D eigenvalue weighted by Gasteiger charge is 2.11. The third kappa shape index (κ3) is 4.13. The van der Waals surface area contributed by atoms with Gasteiger partial charge in [0.25, 0.3) is 0 Å². The average Bonchev–Trinajstić information content (AvgIpc) is 2.39. The summed E-state index contributed by atoms with van der Waals surface area (Å²) in [6.07, 6.45) is 0.726. The summed E-state index contributed by atoms with van der Waals surface area (Å²) < 4.78 is 10.7. The summed E-state index contributed by atoms with van der Waals surface area (Å²) in [5.74, 6) is 1.62. The summed E-state index contributed by atoms with van der Waals surface area (Å²) in [6, 6.07) is 3.89. The number of amides is 1. The monoisotopic (exact) mass is 266 g/mol. The molecular formula is C14H22N2O3. The van der Waals surface area contributed by atoms with E-state index < -0.39 is 0 Å². The number of benzene rings is 1. The van der Waals surface area contributed by atoms with Crippen molar-refractivity contribution in [2.45, 2.75) is 13.3 Å². The van der Waals surface area contributed by atoms with Crippen molar-refractivity contribution in [2.75, 3.05) is 34.4 Å². The van der Waals surface area contributed by atoms with Gasteiger partial charge in [-0.2, -0.15) is 0 Å². The van der Waals surface area contributed by atoms with Gasteiger partial charge in [-0.05, 0) is 32.0 Å². The number of methoxy groups -OCH3 is 2. The highest BCUT2D eigenvalue weighted by atomic mass is 16.5. The van der Waals surface area contributed by atoms with E-state index in [1.54, 1.807) is 21.3 Å². The second kappa shape index (κ2) is 7.63. The molecule has 0 fully saturated rings. The maximum atomic E-state index is 11.3. The summed E-state index contributed by atoms with van der Waals surface area (Å²) in [5.41, 5.74) is 2.04. The van der Waals surface area contributed by atoms with Gasteiger partial charge in [-0.3, -0.25) is 4.79 Å². The fourth-order valence-electron chi connectivity index (χ4n) is 1.99. The van der Waals surface area contributed by atoms with Gasteiger partial charge in [0.2, 0.25) is 5.91 Å². The predicted molar refractivity (Wildman–Crippen MR) is 74.9 cm³/mol. The molecule has 0 heterocycles.